The molecule has 0 saturated heterocycles. The van der Waals surface area contributed by atoms with Gasteiger partial charge in [-0.2, -0.15) is 0 Å². The summed E-state index contributed by atoms with van der Waals surface area (Å²) in [4.78, 5) is 4.47. The number of oxazole rings is 1. The molecule has 0 aliphatic carbocycles. The van der Waals surface area contributed by atoms with Crippen molar-refractivity contribution >= 4 is 0 Å². The molecule has 0 amide bonds. The molecule has 1 aliphatic rings. The van der Waals surface area contributed by atoms with Crippen LogP contribution in [0.1, 0.15) is 44.4 Å². The molecule has 6 heteroatoms. The lowest BCUT2D eigenvalue weighted by atomic mass is 10.2. The fourth-order valence-electron chi connectivity index (χ4n) is 2.19. The Balaban J connectivity index is 2.01. The Morgan fingerprint density at radius 2 is 2.28 bits per heavy atom. The van der Waals surface area contributed by atoms with E-state index in [4.69, 9.17) is 4.42 Å². The van der Waals surface area contributed by atoms with Crippen LogP contribution < -0.4 is 5.32 Å². The lowest BCUT2D eigenvalue weighted by molar-refractivity contribution is 0.438. The molecule has 6 nitrogen and oxygen atoms in total. The number of hydrogen-bond donors (Lipinski definition) is 1. The quantitative estimate of drug-likeness (QED) is 0.875. The molecule has 0 spiro atoms. The first-order chi connectivity index (χ1) is 8.66. The first-order valence-electron chi connectivity index (χ1n) is 6.29. The molecule has 1 aliphatic heterocycles. The summed E-state index contributed by atoms with van der Waals surface area (Å²) in [5, 5.41) is 11.8. The number of rotatable bonds is 2. The second kappa shape index (κ2) is 4.20. The molecule has 18 heavy (non-hydrogen) atoms. The van der Waals surface area contributed by atoms with Gasteiger partial charge < -0.3 is 14.3 Å². The largest absolute Gasteiger partial charge is 0.448 e. The number of fused-ring (bicyclic) bond motifs is 1. The molecule has 2 aromatic heterocycles. The Bertz CT molecular complexity index is 557. The van der Waals surface area contributed by atoms with Crippen molar-refractivity contribution in [3.63, 3.8) is 0 Å². The predicted molar refractivity (Wildman–Crippen MR) is 66.0 cm³/mol. The van der Waals surface area contributed by atoms with Gasteiger partial charge in [0.25, 0.3) is 0 Å². The lowest BCUT2D eigenvalue weighted by Gasteiger charge is -2.21. The Labute approximate surface area is 105 Å². The van der Waals surface area contributed by atoms with Crippen molar-refractivity contribution < 1.29 is 4.42 Å². The molecule has 2 aromatic rings. The zero-order valence-corrected chi connectivity index (χ0v) is 10.8. The Morgan fingerprint density at radius 1 is 1.44 bits per heavy atom. The molecule has 3 rings (SSSR count). The minimum absolute atomic E-state index is 0.233. The van der Waals surface area contributed by atoms with Crippen LogP contribution in [0.25, 0.3) is 11.5 Å². The molecule has 0 bridgehead atoms. The summed E-state index contributed by atoms with van der Waals surface area (Å²) in [6.07, 6.45) is 1.67. The highest BCUT2D eigenvalue weighted by Crippen LogP contribution is 2.24. The van der Waals surface area contributed by atoms with Crippen molar-refractivity contribution in [3.05, 3.63) is 18.0 Å². The van der Waals surface area contributed by atoms with E-state index >= 15 is 0 Å². The van der Waals surface area contributed by atoms with Gasteiger partial charge in [0.2, 0.25) is 0 Å². The zero-order valence-electron chi connectivity index (χ0n) is 10.8. The number of nitrogens with one attached hydrogen (secondary N) is 1. The lowest BCUT2D eigenvalue weighted by Crippen LogP contribution is -2.32. The third kappa shape index (κ3) is 1.73. The monoisotopic (exact) mass is 247 g/mol. The Kier molecular flexibility index (Phi) is 2.66. The topological polar surface area (TPSA) is 68.8 Å². The fourth-order valence-corrected chi connectivity index (χ4v) is 2.19. The SMILES string of the molecule is CC(C)c1nc(-c2nnc3n2CCNC3C)co1. The molecule has 0 fully saturated rings. The van der Waals surface area contributed by atoms with Crippen LogP contribution in [0.5, 0.6) is 0 Å². The minimum Gasteiger partial charge on any atom is -0.448 e. The molecule has 0 aromatic carbocycles. The van der Waals surface area contributed by atoms with Crippen molar-refractivity contribution in [3.8, 4) is 11.5 Å². The van der Waals surface area contributed by atoms with Crippen LogP contribution >= 0.6 is 0 Å². The van der Waals surface area contributed by atoms with Crippen LogP contribution in [0.2, 0.25) is 0 Å². The van der Waals surface area contributed by atoms with E-state index in [9.17, 15) is 0 Å². The van der Waals surface area contributed by atoms with Crippen molar-refractivity contribution in [1.29, 1.82) is 0 Å². The van der Waals surface area contributed by atoms with E-state index < -0.39 is 0 Å². The second-order valence-corrected chi connectivity index (χ2v) is 4.93. The highest BCUT2D eigenvalue weighted by molar-refractivity contribution is 5.48. The van der Waals surface area contributed by atoms with Crippen molar-refractivity contribution in [2.45, 2.75) is 39.3 Å². The summed E-state index contributed by atoms with van der Waals surface area (Å²) in [5.41, 5.74) is 0.770. The molecular weight excluding hydrogens is 230 g/mol. The van der Waals surface area contributed by atoms with Crippen LogP contribution in [0.15, 0.2) is 10.7 Å². The molecule has 0 saturated carbocycles. The fraction of sp³-hybridized carbons (Fsp3) is 0.583. The van der Waals surface area contributed by atoms with Gasteiger partial charge in [-0.15, -0.1) is 10.2 Å². The Morgan fingerprint density at radius 3 is 3.00 bits per heavy atom. The van der Waals surface area contributed by atoms with Gasteiger partial charge in [-0.3, -0.25) is 0 Å². The van der Waals surface area contributed by atoms with Gasteiger partial charge in [0, 0.05) is 19.0 Å². The molecule has 3 heterocycles. The maximum atomic E-state index is 5.46. The van der Waals surface area contributed by atoms with E-state index in [-0.39, 0.29) is 12.0 Å². The number of nitrogens with zero attached hydrogens (tertiary/aromatic N) is 4. The molecule has 1 unspecified atom stereocenters. The van der Waals surface area contributed by atoms with Crippen LogP contribution in [0.3, 0.4) is 0 Å². The molecule has 1 atom stereocenters. The average Bonchev–Trinajstić information content (AvgIpc) is 2.94. The summed E-state index contributed by atoms with van der Waals surface area (Å²) in [5.74, 6) is 2.78. The van der Waals surface area contributed by atoms with Crippen molar-refractivity contribution in [2.24, 2.45) is 0 Å². The Hall–Kier alpha value is -1.69. The van der Waals surface area contributed by atoms with E-state index in [0.29, 0.717) is 0 Å². The first kappa shape index (κ1) is 11.4. The highest BCUT2D eigenvalue weighted by atomic mass is 16.3. The van der Waals surface area contributed by atoms with E-state index in [1.807, 2.05) is 0 Å². The van der Waals surface area contributed by atoms with Gasteiger partial charge in [-0.25, -0.2) is 4.98 Å². The molecular formula is C12H17N5O. The third-order valence-corrected chi connectivity index (χ3v) is 3.20. The maximum Gasteiger partial charge on any atom is 0.197 e. The molecule has 96 valence electrons. The van der Waals surface area contributed by atoms with E-state index in [1.54, 1.807) is 6.26 Å². The van der Waals surface area contributed by atoms with Gasteiger partial charge in [0.05, 0.1) is 6.04 Å². The van der Waals surface area contributed by atoms with Gasteiger partial charge in [0.15, 0.2) is 11.7 Å². The number of aromatic nitrogens is 4. The number of hydrogen-bond acceptors (Lipinski definition) is 5. The molecule has 1 N–H and O–H groups in total. The summed E-state index contributed by atoms with van der Waals surface area (Å²) >= 11 is 0. The van der Waals surface area contributed by atoms with Crippen LogP contribution in [-0.2, 0) is 6.54 Å². The van der Waals surface area contributed by atoms with Crippen LogP contribution in [0.4, 0.5) is 0 Å². The maximum absolute atomic E-state index is 5.46. The summed E-state index contributed by atoms with van der Waals surface area (Å²) in [7, 11) is 0. The van der Waals surface area contributed by atoms with Crippen molar-refractivity contribution in [1.82, 2.24) is 25.1 Å². The minimum atomic E-state index is 0.233. The average molecular weight is 247 g/mol. The van der Waals surface area contributed by atoms with Gasteiger partial charge in [0.1, 0.15) is 17.8 Å². The third-order valence-electron chi connectivity index (χ3n) is 3.20. The van der Waals surface area contributed by atoms with Crippen LogP contribution in [0, 0.1) is 0 Å². The standard InChI is InChI=1S/C12H17N5O/c1-7(2)12-14-9(6-18-12)11-16-15-10-8(3)13-4-5-17(10)11/h6-8,13H,4-5H2,1-3H3. The summed E-state index contributed by atoms with van der Waals surface area (Å²) in [6, 6.07) is 0.233. The second-order valence-electron chi connectivity index (χ2n) is 4.93. The van der Waals surface area contributed by atoms with Crippen molar-refractivity contribution in [2.75, 3.05) is 6.54 Å². The van der Waals surface area contributed by atoms with Crippen LogP contribution in [-0.4, -0.2) is 26.3 Å². The smallest absolute Gasteiger partial charge is 0.197 e. The summed E-state index contributed by atoms with van der Waals surface area (Å²) in [6.45, 7) is 7.99. The van der Waals surface area contributed by atoms with E-state index in [0.717, 1.165) is 36.3 Å². The first-order valence-corrected chi connectivity index (χ1v) is 6.29. The predicted octanol–water partition coefficient (Wildman–Crippen LogP) is 1.72. The van der Waals surface area contributed by atoms with Gasteiger partial charge in [-0.1, -0.05) is 13.8 Å². The summed E-state index contributed by atoms with van der Waals surface area (Å²) < 4.78 is 7.57. The van der Waals surface area contributed by atoms with Gasteiger partial charge >= 0.3 is 0 Å². The van der Waals surface area contributed by atoms with E-state index in [1.165, 1.54) is 0 Å². The normalized spacial score (nSPS) is 19.2. The highest BCUT2D eigenvalue weighted by Gasteiger charge is 2.23. The van der Waals surface area contributed by atoms with E-state index in [2.05, 4.69) is 45.8 Å². The zero-order chi connectivity index (χ0) is 12.7. The van der Waals surface area contributed by atoms with Gasteiger partial charge in [-0.05, 0) is 6.92 Å². The molecule has 0 radical (unpaired) electrons.